The van der Waals surface area contributed by atoms with E-state index in [1.54, 1.807) is 4.90 Å². The third kappa shape index (κ3) is 2.26. The number of allylic oxidation sites excluding steroid dienone is 2. The van der Waals surface area contributed by atoms with Crippen molar-refractivity contribution in [2.24, 2.45) is 28.9 Å². The molecule has 1 amide bonds. The minimum absolute atomic E-state index is 0.00611. The lowest BCUT2D eigenvalue weighted by molar-refractivity contribution is -0.129. The van der Waals surface area contributed by atoms with Crippen LogP contribution in [0.1, 0.15) is 20.8 Å². The first kappa shape index (κ1) is 16.6. The number of hydrogen-bond donors (Lipinski definition) is 1. The van der Waals surface area contributed by atoms with Crippen molar-refractivity contribution in [1.29, 1.82) is 15.8 Å². The van der Waals surface area contributed by atoms with Gasteiger partial charge >= 0.3 is 0 Å². The smallest absolute Gasteiger partial charge is 0.219 e. The summed E-state index contributed by atoms with van der Waals surface area (Å²) >= 11 is 0. The van der Waals surface area contributed by atoms with Crippen LogP contribution in [0.15, 0.2) is 22.9 Å². The highest BCUT2D eigenvalue weighted by molar-refractivity contribution is 5.74. The zero-order valence-electron chi connectivity index (χ0n) is 13.5. The van der Waals surface area contributed by atoms with Gasteiger partial charge in [-0.2, -0.15) is 15.8 Å². The number of carbonyl (C=O) groups is 1. The maximum atomic E-state index is 11.7. The lowest BCUT2D eigenvalue weighted by Gasteiger charge is -2.47. The number of nitriles is 3. The van der Waals surface area contributed by atoms with E-state index in [-0.39, 0.29) is 34.9 Å². The van der Waals surface area contributed by atoms with Crippen LogP contribution in [0.2, 0.25) is 0 Å². The predicted molar refractivity (Wildman–Crippen MR) is 82.6 cm³/mol. The van der Waals surface area contributed by atoms with Crippen molar-refractivity contribution in [3.8, 4) is 18.2 Å². The van der Waals surface area contributed by atoms with Gasteiger partial charge in [0.05, 0.1) is 23.4 Å². The van der Waals surface area contributed by atoms with Crippen LogP contribution in [-0.2, 0) is 4.79 Å². The molecule has 23 heavy (non-hydrogen) atoms. The highest BCUT2D eigenvalue weighted by Crippen LogP contribution is 2.51. The lowest BCUT2D eigenvalue weighted by Crippen LogP contribution is -2.51. The molecule has 6 nitrogen and oxygen atoms in total. The zero-order valence-corrected chi connectivity index (χ0v) is 13.5. The van der Waals surface area contributed by atoms with E-state index < -0.39 is 5.41 Å². The van der Waals surface area contributed by atoms with Crippen LogP contribution in [-0.4, -0.2) is 23.9 Å². The van der Waals surface area contributed by atoms with Crippen LogP contribution >= 0.6 is 0 Å². The molecule has 0 saturated carbocycles. The van der Waals surface area contributed by atoms with E-state index in [0.29, 0.717) is 13.1 Å². The van der Waals surface area contributed by atoms with Gasteiger partial charge in [-0.1, -0.05) is 19.9 Å². The number of hydrogen-bond acceptors (Lipinski definition) is 5. The summed E-state index contributed by atoms with van der Waals surface area (Å²) in [6, 6.07) is 6.19. The Bertz CT molecular complexity index is 712. The van der Waals surface area contributed by atoms with E-state index in [1.807, 2.05) is 19.9 Å². The van der Waals surface area contributed by atoms with Gasteiger partial charge in [0, 0.05) is 31.8 Å². The van der Waals surface area contributed by atoms with Crippen LogP contribution in [0.3, 0.4) is 0 Å². The molecule has 0 radical (unpaired) electrons. The Morgan fingerprint density at radius 3 is 2.43 bits per heavy atom. The van der Waals surface area contributed by atoms with Gasteiger partial charge in [0.1, 0.15) is 6.07 Å². The van der Waals surface area contributed by atoms with Crippen LogP contribution in [0, 0.1) is 57.2 Å². The van der Waals surface area contributed by atoms with Crippen molar-refractivity contribution >= 4 is 5.91 Å². The molecule has 0 aromatic carbocycles. The maximum absolute atomic E-state index is 11.7. The Morgan fingerprint density at radius 2 is 2.00 bits per heavy atom. The Hall–Kier alpha value is -2.78. The molecular formula is C17H19N5O. The Balaban J connectivity index is 2.74. The number of amides is 1. The van der Waals surface area contributed by atoms with Gasteiger partial charge in [0.25, 0.3) is 0 Å². The molecule has 118 valence electrons. The molecular weight excluding hydrogens is 290 g/mol. The second-order valence-corrected chi connectivity index (χ2v) is 6.39. The molecule has 0 aromatic rings. The fraction of sp³-hybridized carbons (Fsp3) is 0.529. The van der Waals surface area contributed by atoms with Gasteiger partial charge in [0.15, 0.2) is 5.41 Å². The monoisotopic (exact) mass is 309 g/mol. The van der Waals surface area contributed by atoms with Gasteiger partial charge < -0.3 is 10.6 Å². The molecule has 2 atom stereocenters. The summed E-state index contributed by atoms with van der Waals surface area (Å²) in [5.74, 6) is -0.686. The average Bonchev–Trinajstić information content (AvgIpc) is 2.53. The molecule has 1 aliphatic heterocycles. The average molecular weight is 309 g/mol. The summed E-state index contributed by atoms with van der Waals surface area (Å²) in [6.45, 7) is 6.17. The van der Waals surface area contributed by atoms with Crippen LogP contribution in [0.25, 0.3) is 0 Å². The fourth-order valence-electron chi connectivity index (χ4n) is 3.84. The van der Waals surface area contributed by atoms with Gasteiger partial charge in [-0.25, -0.2) is 0 Å². The Morgan fingerprint density at radius 1 is 1.39 bits per heavy atom. The first-order chi connectivity index (χ1) is 10.8. The molecule has 2 aliphatic rings. The number of fused-ring (bicyclic) bond motifs is 1. The Labute approximate surface area is 136 Å². The quantitative estimate of drug-likeness (QED) is 0.786. The van der Waals surface area contributed by atoms with Gasteiger partial charge in [-0.15, -0.1) is 0 Å². The van der Waals surface area contributed by atoms with E-state index in [0.717, 1.165) is 5.57 Å². The van der Waals surface area contributed by atoms with Crippen LogP contribution in [0.4, 0.5) is 0 Å². The zero-order chi connectivity index (χ0) is 17.4. The summed E-state index contributed by atoms with van der Waals surface area (Å²) < 4.78 is 0. The highest BCUT2D eigenvalue weighted by Gasteiger charge is 2.54. The van der Waals surface area contributed by atoms with Crippen molar-refractivity contribution in [3.63, 3.8) is 0 Å². The second kappa shape index (κ2) is 5.78. The normalized spacial score (nSPS) is 25.8. The molecule has 0 aromatic heterocycles. The van der Waals surface area contributed by atoms with Crippen molar-refractivity contribution in [1.82, 2.24) is 4.90 Å². The third-order valence-corrected chi connectivity index (χ3v) is 4.89. The van der Waals surface area contributed by atoms with Crippen molar-refractivity contribution < 1.29 is 4.79 Å². The Kier molecular flexibility index (Phi) is 4.17. The topological polar surface area (TPSA) is 118 Å². The minimum Gasteiger partial charge on any atom is -0.399 e. The standard InChI is InChI=1S/C17H19N5O/c1-10(2)15-14-7-22(11(3)23)5-4-12(14)13(6-18)16(21)17(15,8-19)9-20/h4,10,14-15H,5,7,21H2,1-3H3/t14-,15-/m1/s1. The second-order valence-electron chi connectivity index (χ2n) is 6.39. The van der Waals surface area contributed by atoms with Gasteiger partial charge in [-0.05, 0) is 11.5 Å². The van der Waals surface area contributed by atoms with E-state index in [4.69, 9.17) is 5.73 Å². The molecule has 1 aliphatic carbocycles. The maximum Gasteiger partial charge on any atom is 0.219 e. The van der Waals surface area contributed by atoms with Crippen molar-refractivity contribution in [2.45, 2.75) is 20.8 Å². The molecule has 0 unspecified atom stereocenters. The molecule has 0 bridgehead atoms. The van der Waals surface area contributed by atoms with Crippen molar-refractivity contribution in [3.05, 3.63) is 22.9 Å². The fourth-order valence-corrected chi connectivity index (χ4v) is 3.84. The van der Waals surface area contributed by atoms with E-state index in [1.165, 1.54) is 6.92 Å². The molecule has 6 heteroatoms. The molecule has 0 fully saturated rings. The molecule has 0 spiro atoms. The number of nitrogens with two attached hydrogens (primary N) is 1. The van der Waals surface area contributed by atoms with Crippen molar-refractivity contribution in [2.75, 3.05) is 13.1 Å². The number of nitrogens with zero attached hydrogens (tertiary/aromatic N) is 4. The number of carbonyl (C=O) groups excluding carboxylic acids is 1. The van der Waals surface area contributed by atoms with Gasteiger partial charge in [-0.3, -0.25) is 4.79 Å². The SMILES string of the molecule is CC(=O)N1CC=C2C(C#N)=C(N)C(C#N)(C#N)[C@H](C(C)C)[C@@H]2C1. The van der Waals surface area contributed by atoms with Gasteiger partial charge in [0.2, 0.25) is 5.91 Å². The first-order valence-electron chi connectivity index (χ1n) is 7.52. The van der Waals surface area contributed by atoms with E-state index in [9.17, 15) is 20.6 Å². The summed E-state index contributed by atoms with van der Waals surface area (Å²) in [5, 5.41) is 28.9. The highest BCUT2D eigenvalue weighted by atomic mass is 16.2. The van der Waals surface area contributed by atoms with E-state index in [2.05, 4.69) is 18.2 Å². The van der Waals surface area contributed by atoms with E-state index >= 15 is 0 Å². The third-order valence-electron chi connectivity index (χ3n) is 4.89. The predicted octanol–water partition coefficient (Wildman–Crippen LogP) is 1.45. The number of rotatable bonds is 1. The molecule has 1 heterocycles. The first-order valence-corrected chi connectivity index (χ1v) is 7.52. The summed E-state index contributed by atoms with van der Waals surface area (Å²) in [5.41, 5.74) is 5.60. The summed E-state index contributed by atoms with van der Waals surface area (Å²) in [4.78, 5) is 13.4. The largest absolute Gasteiger partial charge is 0.399 e. The summed E-state index contributed by atoms with van der Waals surface area (Å²) in [7, 11) is 0. The molecule has 0 saturated heterocycles. The lowest BCUT2D eigenvalue weighted by atomic mass is 9.57. The summed E-state index contributed by atoms with van der Waals surface area (Å²) in [6.07, 6.45) is 1.83. The molecule has 2 rings (SSSR count). The minimum atomic E-state index is -1.54. The van der Waals surface area contributed by atoms with Crippen LogP contribution < -0.4 is 5.73 Å². The van der Waals surface area contributed by atoms with Crippen LogP contribution in [0.5, 0.6) is 0 Å². The molecule has 2 N–H and O–H groups in total.